The summed E-state index contributed by atoms with van der Waals surface area (Å²) < 4.78 is 0.686. The minimum absolute atomic E-state index is 0.411. The Bertz CT molecular complexity index is 158. The normalized spacial score (nSPS) is 22.1. The smallest absolute Gasteiger partial charge is 0.142 e. The fraction of sp³-hybridized carbons (Fsp3) is 0.889. The lowest BCUT2D eigenvalue weighted by molar-refractivity contribution is -0.116. The number of carbonyl (C=O) groups excluding carboxylic acids is 1. The van der Waals surface area contributed by atoms with Crippen molar-refractivity contribution in [2.24, 2.45) is 0 Å². The summed E-state index contributed by atoms with van der Waals surface area (Å²) in [4.78, 5) is 11.0. The maximum Gasteiger partial charge on any atom is 0.142 e. The number of rotatable bonds is 6. The van der Waals surface area contributed by atoms with E-state index in [0.29, 0.717) is 10.2 Å². The Balaban J connectivity index is 1.91. The summed E-state index contributed by atoms with van der Waals surface area (Å²) in [5.41, 5.74) is 0. The number of carbonyl (C=O) groups is 1. The zero-order valence-electron chi connectivity index (χ0n) is 7.63. The van der Waals surface area contributed by atoms with Crippen molar-refractivity contribution in [3.63, 3.8) is 0 Å². The summed E-state index contributed by atoms with van der Waals surface area (Å²) in [5, 5.41) is 0.875. The highest BCUT2D eigenvalue weighted by atomic mass is 127. The molecule has 1 fully saturated rings. The van der Waals surface area contributed by atoms with Crippen LogP contribution in [0.2, 0.25) is 0 Å². The lowest BCUT2D eigenvalue weighted by Crippen LogP contribution is -2.00. The van der Waals surface area contributed by atoms with Gasteiger partial charge in [-0.3, -0.25) is 4.79 Å². The third-order valence-electron chi connectivity index (χ3n) is 2.11. The van der Waals surface area contributed by atoms with E-state index in [2.05, 4.69) is 22.6 Å². The van der Waals surface area contributed by atoms with Gasteiger partial charge in [0.15, 0.2) is 0 Å². The van der Waals surface area contributed by atoms with Crippen LogP contribution in [0.4, 0.5) is 0 Å². The lowest BCUT2D eigenvalue weighted by Gasteiger charge is -2.05. The van der Waals surface area contributed by atoms with Crippen molar-refractivity contribution in [1.29, 1.82) is 0 Å². The fourth-order valence-corrected chi connectivity index (χ4v) is 4.73. The Hall–Kier alpha value is 1.10. The molecule has 0 aromatic rings. The van der Waals surface area contributed by atoms with Gasteiger partial charge in [0.05, 0.1) is 4.43 Å². The molecule has 0 aromatic heterocycles. The molecule has 1 rings (SSSR count). The molecule has 0 aromatic carbocycles. The second-order valence-electron chi connectivity index (χ2n) is 3.25. The van der Waals surface area contributed by atoms with E-state index in [4.69, 9.17) is 0 Å². The lowest BCUT2D eigenvalue weighted by atomic mass is 10.1. The number of Topliss-reactive ketones (excluding diaryl/α,β-unsaturated/α-hetero) is 1. The fourth-order valence-electron chi connectivity index (χ4n) is 1.33. The van der Waals surface area contributed by atoms with Crippen molar-refractivity contribution in [3.8, 4) is 0 Å². The Morgan fingerprint density at radius 2 is 2.31 bits per heavy atom. The first-order valence-electron chi connectivity index (χ1n) is 4.69. The summed E-state index contributed by atoms with van der Waals surface area (Å²) in [5.74, 6) is 1.73. The zero-order chi connectivity index (χ0) is 9.52. The molecule has 0 bridgehead atoms. The van der Waals surface area contributed by atoms with Gasteiger partial charge in [0, 0.05) is 17.4 Å². The van der Waals surface area contributed by atoms with Gasteiger partial charge < -0.3 is 0 Å². The van der Waals surface area contributed by atoms with Crippen molar-refractivity contribution >= 4 is 50.0 Å². The number of hydrogen-bond acceptors (Lipinski definition) is 3. The zero-order valence-corrected chi connectivity index (χ0v) is 11.4. The van der Waals surface area contributed by atoms with Crippen LogP contribution in [0.1, 0.15) is 32.1 Å². The monoisotopic (exact) mass is 330 g/mol. The summed E-state index contributed by atoms with van der Waals surface area (Å²) in [6, 6.07) is 0. The third kappa shape index (κ3) is 5.52. The standard InChI is InChI=1S/C9H15IOS2/c10-7-8(11)3-1-2-4-9-5-6-12-13-9/h9H,1-7H2/t9-/m1/s1. The van der Waals surface area contributed by atoms with Crippen molar-refractivity contribution in [2.45, 2.75) is 37.4 Å². The van der Waals surface area contributed by atoms with E-state index in [1.807, 2.05) is 21.6 Å². The molecule has 0 spiro atoms. The average molecular weight is 330 g/mol. The second-order valence-corrected chi connectivity index (χ2v) is 6.80. The van der Waals surface area contributed by atoms with Crippen LogP contribution in [0.25, 0.3) is 0 Å². The van der Waals surface area contributed by atoms with Crippen molar-refractivity contribution in [1.82, 2.24) is 0 Å². The van der Waals surface area contributed by atoms with Crippen molar-refractivity contribution in [2.75, 3.05) is 10.2 Å². The first-order chi connectivity index (χ1) is 6.33. The van der Waals surface area contributed by atoms with Crippen LogP contribution in [0.15, 0.2) is 0 Å². The molecule has 0 amide bonds. The third-order valence-corrected chi connectivity index (χ3v) is 5.97. The first-order valence-corrected chi connectivity index (χ1v) is 8.59. The summed E-state index contributed by atoms with van der Waals surface area (Å²) >= 11 is 2.15. The highest BCUT2D eigenvalue weighted by molar-refractivity contribution is 14.1. The molecular weight excluding hydrogens is 315 g/mol. The van der Waals surface area contributed by atoms with E-state index in [1.54, 1.807) is 0 Å². The van der Waals surface area contributed by atoms with Crippen LogP contribution >= 0.6 is 44.2 Å². The van der Waals surface area contributed by atoms with E-state index in [0.717, 1.165) is 18.1 Å². The van der Waals surface area contributed by atoms with Crippen LogP contribution in [0, 0.1) is 0 Å². The summed E-state index contributed by atoms with van der Waals surface area (Å²) in [6.07, 6.45) is 5.82. The Morgan fingerprint density at radius 3 is 2.92 bits per heavy atom. The molecular formula is C9H15IOS2. The minimum Gasteiger partial charge on any atom is -0.299 e. The molecule has 0 aliphatic carbocycles. The van der Waals surface area contributed by atoms with Gasteiger partial charge in [-0.15, -0.1) is 0 Å². The predicted octanol–water partition coefficient (Wildman–Crippen LogP) is 3.70. The minimum atomic E-state index is 0.411. The van der Waals surface area contributed by atoms with E-state index in [-0.39, 0.29) is 0 Å². The molecule has 0 radical (unpaired) electrons. The molecule has 1 heterocycles. The molecule has 13 heavy (non-hydrogen) atoms. The molecule has 4 heteroatoms. The molecule has 1 saturated heterocycles. The molecule has 1 aliphatic rings. The van der Waals surface area contributed by atoms with E-state index in [9.17, 15) is 4.79 Å². The maximum absolute atomic E-state index is 11.0. The van der Waals surface area contributed by atoms with Gasteiger partial charge >= 0.3 is 0 Å². The first kappa shape index (κ1) is 12.2. The summed E-state index contributed by atoms with van der Waals surface area (Å²) in [6.45, 7) is 0. The summed E-state index contributed by atoms with van der Waals surface area (Å²) in [7, 11) is 4.04. The van der Waals surface area contributed by atoms with Gasteiger partial charge in [-0.1, -0.05) is 50.6 Å². The Morgan fingerprint density at radius 1 is 1.46 bits per heavy atom. The van der Waals surface area contributed by atoms with Crippen LogP contribution in [-0.4, -0.2) is 21.2 Å². The van der Waals surface area contributed by atoms with E-state index >= 15 is 0 Å². The van der Waals surface area contributed by atoms with Gasteiger partial charge in [-0.05, 0) is 19.3 Å². The molecule has 0 N–H and O–H groups in total. The number of ketones is 1. The number of hydrogen-bond donors (Lipinski definition) is 0. The van der Waals surface area contributed by atoms with Crippen LogP contribution in [0.5, 0.6) is 0 Å². The SMILES string of the molecule is O=C(CI)CCCC[C@@H]1CCSS1. The van der Waals surface area contributed by atoms with Gasteiger partial charge in [0.2, 0.25) is 0 Å². The Labute approximate surface area is 102 Å². The van der Waals surface area contributed by atoms with Gasteiger partial charge in [0.25, 0.3) is 0 Å². The quantitative estimate of drug-likeness (QED) is 0.320. The highest BCUT2D eigenvalue weighted by Gasteiger charge is 2.15. The predicted molar refractivity (Wildman–Crippen MR) is 70.8 cm³/mol. The molecule has 1 atom stereocenters. The van der Waals surface area contributed by atoms with E-state index in [1.165, 1.54) is 25.0 Å². The number of alkyl halides is 1. The van der Waals surface area contributed by atoms with Crippen molar-refractivity contribution < 1.29 is 4.79 Å². The van der Waals surface area contributed by atoms with Crippen LogP contribution in [0.3, 0.4) is 0 Å². The molecule has 1 nitrogen and oxygen atoms in total. The van der Waals surface area contributed by atoms with Gasteiger partial charge in [-0.25, -0.2) is 0 Å². The molecule has 1 aliphatic heterocycles. The average Bonchev–Trinajstić information content (AvgIpc) is 2.64. The second kappa shape index (κ2) is 7.40. The topological polar surface area (TPSA) is 17.1 Å². The molecule has 0 saturated carbocycles. The number of unbranched alkanes of at least 4 members (excludes halogenated alkanes) is 1. The largest absolute Gasteiger partial charge is 0.299 e. The maximum atomic E-state index is 11.0. The number of halogens is 1. The van der Waals surface area contributed by atoms with Gasteiger partial charge in [0.1, 0.15) is 5.78 Å². The molecule has 76 valence electrons. The van der Waals surface area contributed by atoms with E-state index < -0.39 is 0 Å². The van der Waals surface area contributed by atoms with Crippen LogP contribution in [-0.2, 0) is 4.79 Å². The Kier molecular flexibility index (Phi) is 6.93. The molecule has 0 unspecified atom stereocenters. The van der Waals surface area contributed by atoms with Crippen LogP contribution < -0.4 is 0 Å². The van der Waals surface area contributed by atoms with Gasteiger partial charge in [-0.2, -0.15) is 0 Å². The highest BCUT2D eigenvalue weighted by Crippen LogP contribution is 2.39. The van der Waals surface area contributed by atoms with Crippen molar-refractivity contribution in [3.05, 3.63) is 0 Å².